The molecule has 1 saturated heterocycles. The molecule has 2 aromatic heterocycles. The van der Waals surface area contributed by atoms with Gasteiger partial charge in [-0.2, -0.15) is 10.1 Å². The fraction of sp³-hybridized carbons (Fsp3) is 0.438. The molecule has 126 valence electrons. The van der Waals surface area contributed by atoms with Crippen LogP contribution in [-0.2, 0) is 9.53 Å². The van der Waals surface area contributed by atoms with Crippen molar-refractivity contribution in [3.05, 3.63) is 39.5 Å². The Morgan fingerprint density at radius 3 is 2.88 bits per heavy atom. The van der Waals surface area contributed by atoms with E-state index < -0.39 is 0 Å². The number of aromatic nitrogens is 3. The molecule has 0 saturated carbocycles. The highest BCUT2D eigenvalue weighted by Gasteiger charge is 2.37. The molecule has 4 heterocycles. The number of amides is 1. The van der Waals surface area contributed by atoms with Crippen LogP contribution in [0.4, 0.5) is 5.95 Å². The number of morpholine rings is 1. The quantitative estimate of drug-likeness (QED) is 0.898. The molecule has 2 aromatic rings. The second kappa shape index (κ2) is 6.03. The molecule has 4 rings (SSSR count). The minimum absolute atomic E-state index is 0.0438. The Morgan fingerprint density at radius 2 is 2.17 bits per heavy atom. The van der Waals surface area contributed by atoms with E-state index in [1.807, 2.05) is 11.8 Å². The Bertz CT molecular complexity index is 803. The van der Waals surface area contributed by atoms with Crippen molar-refractivity contribution in [3.63, 3.8) is 0 Å². The minimum Gasteiger partial charge on any atom is -0.378 e. The summed E-state index contributed by atoms with van der Waals surface area (Å²) in [6, 6.07) is 1.84. The number of anilines is 1. The predicted octanol–water partition coefficient (Wildman–Crippen LogP) is 1.80. The Balaban J connectivity index is 1.80. The summed E-state index contributed by atoms with van der Waals surface area (Å²) in [6.45, 7) is 6.41. The second-order valence-corrected chi connectivity index (χ2v) is 6.91. The minimum atomic E-state index is -0.237. The highest BCUT2D eigenvalue weighted by Crippen LogP contribution is 2.39. The Hall–Kier alpha value is -2.19. The first-order valence-corrected chi connectivity index (χ1v) is 8.83. The van der Waals surface area contributed by atoms with E-state index >= 15 is 0 Å². The van der Waals surface area contributed by atoms with Crippen molar-refractivity contribution in [1.29, 1.82) is 0 Å². The molecule has 24 heavy (non-hydrogen) atoms. The Labute approximate surface area is 143 Å². The van der Waals surface area contributed by atoms with Crippen LogP contribution in [0.5, 0.6) is 0 Å². The van der Waals surface area contributed by atoms with Crippen LogP contribution in [0.1, 0.15) is 23.4 Å². The van der Waals surface area contributed by atoms with Gasteiger partial charge in [0.1, 0.15) is 12.4 Å². The molecule has 0 spiro atoms. The summed E-state index contributed by atoms with van der Waals surface area (Å²) in [6.07, 6.45) is 1.52. The van der Waals surface area contributed by atoms with E-state index in [1.54, 1.807) is 16.0 Å². The van der Waals surface area contributed by atoms with Gasteiger partial charge < -0.3 is 15.0 Å². The molecule has 0 aliphatic carbocycles. The molecule has 0 bridgehead atoms. The van der Waals surface area contributed by atoms with Crippen LogP contribution in [0.15, 0.2) is 29.0 Å². The fourth-order valence-electron chi connectivity index (χ4n) is 3.21. The normalized spacial score (nSPS) is 20.8. The number of fused-ring (bicyclic) bond motifs is 1. The zero-order chi connectivity index (χ0) is 16.7. The van der Waals surface area contributed by atoms with E-state index in [4.69, 9.17) is 4.74 Å². The van der Waals surface area contributed by atoms with E-state index in [0.717, 1.165) is 21.7 Å². The first kappa shape index (κ1) is 15.3. The van der Waals surface area contributed by atoms with Crippen LogP contribution in [0.3, 0.4) is 0 Å². The maximum absolute atomic E-state index is 13.2. The predicted molar refractivity (Wildman–Crippen MR) is 90.9 cm³/mol. The third kappa shape index (κ3) is 2.42. The van der Waals surface area contributed by atoms with Gasteiger partial charge in [-0.15, -0.1) is 11.3 Å². The van der Waals surface area contributed by atoms with Crippen LogP contribution in [0, 0.1) is 6.92 Å². The summed E-state index contributed by atoms with van der Waals surface area (Å²) >= 11 is 1.65. The second-order valence-electron chi connectivity index (χ2n) is 5.97. The monoisotopic (exact) mass is 345 g/mol. The molecule has 1 N–H and O–H groups in total. The third-order valence-electron chi connectivity index (χ3n) is 4.47. The average molecular weight is 345 g/mol. The SMILES string of the molecule is CC1=C(C(=O)N2CCOCC2)C(c2sccc2C)n2ncnc2N1. The van der Waals surface area contributed by atoms with Crippen LogP contribution in [-0.4, -0.2) is 51.9 Å². The van der Waals surface area contributed by atoms with Crippen LogP contribution < -0.4 is 5.32 Å². The summed E-state index contributed by atoms with van der Waals surface area (Å²) in [5, 5.41) is 9.63. The van der Waals surface area contributed by atoms with Gasteiger partial charge in [-0.1, -0.05) is 0 Å². The van der Waals surface area contributed by atoms with E-state index in [0.29, 0.717) is 32.3 Å². The number of carbonyl (C=O) groups excluding carboxylic acids is 1. The van der Waals surface area contributed by atoms with Crippen molar-refractivity contribution in [2.24, 2.45) is 0 Å². The summed E-state index contributed by atoms with van der Waals surface area (Å²) in [5.74, 6) is 0.714. The van der Waals surface area contributed by atoms with Gasteiger partial charge in [0, 0.05) is 23.7 Å². The van der Waals surface area contributed by atoms with Gasteiger partial charge in [-0.3, -0.25) is 4.79 Å². The molecular weight excluding hydrogens is 326 g/mol. The average Bonchev–Trinajstić information content (AvgIpc) is 3.22. The van der Waals surface area contributed by atoms with E-state index in [9.17, 15) is 4.79 Å². The molecule has 2 aliphatic rings. The molecule has 1 amide bonds. The highest BCUT2D eigenvalue weighted by atomic mass is 32.1. The van der Waals surface area contributed by atoms with E-state index in [1.165, 1.54) is 6.33 Å². The number of carbonyl (C=O) groups is 1. The maximum atomic E-state index is 13.2. The number of aryl methyl sites for hydroxylation is 1. The fourth-order valence-corrected chi connectivity index (χ4v) is 4.23. The molecule has 1 fully saturated rings. The topological polar surface area (TPSA) is 72.3 Å². The molecule has 7 nitrogen and oxygen atoms in total. The number of nitrogens with one attached hydrogen (secondary N) is 1. The van der Waals surface area contributed by atoms with E-state index in [-0.39, 0.29) is 11.9 Å². The molecule has 1 unspecified atom stereocenters. The lowest BCUT2D eigenvalue weighted by Gasteiger charge is -2.33. The number of allylic oxidation sites excluding steroid dienone is 1. The highest BCUT2D eigenvalue weighted by molar-refractivity contribution is 7.10. The standard InChI is InChI=1S/C16H19N5O2S/c1-10-3-8-24-14(10)13-12(15(22)20-4-6-23-7-5-20)11(2)19-16-17-9-18-21(13)16/h3,8-9,13H,4-7H2,1-2H3,(H,17,18,19). The molecule has 2 aliphatic heterocycles. The van der Waals surface area contributed by atoms with Crippen LogP contribution in [0.2, 0.25) is 0 Å². The zero-order valence-corrected chi connectivity index (χ0v) is 14.5. The van der Waals surface area contributed by atoms with Crippen LogP contribution >= 0.6 is 11.3 Å². The summed E-state index contributed by atoms with van der Waals surface area (Å²) in [5.41, 5.74) is 2.73. The molecular formula is C16H19N5O2S. The van der Waals surface area contributed by atoms with E-state index in [2.05, 4.69) is 33.8 Å². The molecule has 0 aromatic carbocycles. The number of nitrogens with zero attached hydrogens (tertiary/aromatic N) is 4. The van der Waals surface area contributed by atoms with Gasteiger partial charge in [0.25, 0.3) is 5.91 Å². The van der Waals surface area contributed by atoms with Crippen molar-refractivity contribution in [2.45, 2.75) is 19.9 Å². The number of hydrogen-bond donors (Lipinski definition) is 1. The lowest BCUT2D eigenvalue weighted by Crippen LogP contribution is -2.44. The Kier molecular flexibility index (Phi) is 3.85. The smallest absolute Gasteiger partial charge is 0.254 e. The summed E-state index contributed by atoms with van der Waals surface area (Å²) in [4.78, 5) is 20.5. The zero-order valence-electron chi connectivity index (χ0n) is 13.7. The Morgan fingerprint density at radius 1 is 1.38 bits per heavy atom. The van der Waals surface area contributed by atoms with Gasteiger partial charge in [0.2, 0.25) is 5.95 Å². The van der Waals surface area contributed by atoms with Gasteiger partial charge >= 0.3 is 0 Å². The van der Waals surface area contributed by atoms with Crippen molar-refractivity contribution in [3.8, 4) is 0 Å². The largest absolute Gasteiger partial charge is 0.378 e. The maximum Gasteiger partial charge on any atom is 0.254 e. The van der Waals surface area contributed by atoms with Gasteiger partial charge in [-0.25, -0.2) is 4.68 Å². The number of hydrogen-bond acceptors (Lipinski definition) is 6. The van der Waals surface area contributed by atoms with Crippen molar-refractivity contribution < 1.29 is 9.53 Å². The van der Waals surface area contributed by atoms with Crippen molar-refractivity contribution in [2.75, 3.05) is 31.6 Å². The van der Waals surface area contributed by atoms with Gasteiger partial charge in [0.15, 0.2) is 0 Å². The number of rotatable bonds is 2. The summed E-state index contributed by atoms with van der Waals surface area (Å²) < 4.78 is 7.18. The first-order valence-electron chi connectivity index (χ1n) is 7.95. The lowest BCUT2D eigenvalue weighted by molar-refractivity contribution is -0.131. The first-order chi connectivity index (χ1) is 11.7. The summed E-state index contributed by atoms with van der Waals surface area (Å²) in [7, 11) is 0. The molecule has 8 heteroatoms. The third-order valence-corrected chi connectivity index (χ3v) is 5.54. The van der Waals surface area contributed by atoms with Crippen LogP contribution in [0.25, 0.3) is 0 Å². The van der Waals surface area contributed by atoms with Gasteiger partial charge in [0.05, 0.1) is 18.8 Å². The lowest BCUT2D eigenvalue weighted by atomic mass is 9.98. The van der Waals surface area contributed by atoms with Crippen molar-refractivity contribution in [1.82, 2.24) is 19.7 Å². The number of thiophene rings is 1. The van der Waals surface area contributed by atoms with Gasteiger partial charge in [-0.05, 0) is 30.9 Å². The number of ether oxygens (including phenoxy) is 1. The van der Waals surface area contributed by atoms with Crippen molar-refractivity contribution >= 4 is 23.2 Å². The molecule has 0 radical (unpaired) electrons. The molecule has 1 atom stereocenters.